The van der Waals surface area contributed by atoms with E-state index < -0.39 is 0 Å². The monoisotopic (exact) mass is 558 g/mol. The summed E-state index contributed by atoms with van der Waals surface area (Å²) in [5.41, 5.74) is 6.39. The predicted molar refractivity (Wildman–Crippen MR) is 186 cm³/mol. The molecule has 2 nitrogen and oxygen atoms in total. The molecule has 0 saturated heterocycles. The Morgan fingerprint density at radius 2 is 0.932 bits per heavy atom. The fourth-order valence-corrected chi connectivity index (χ4v) is 6.74. The molecule has 204 valence electrons. The Kier molecular flexibility index (Phi) is 5.54. The smallest absolute Gasteiger partial charge is 0.161 e. The standard InChI is InChI=1S/C42H26N2/c1-2-10-27(11-3-1)28-18-22-31(23-19-28)41-36-16-8-9-17-39(36)43-42(44-41)38-26-37-35(33-14-6-7-15-34(33)38)25-24-30-21-20-29-12-4-5-13-32(29)40(30)37/h1-26H. The van der Waals surface area contributed by atoms with Crippen molar-refractivity contribution in [2.75, 3.05) is 0 Å². The second-order valence-electron chi connectivity index (χ2n) is 11.4. The summed E-state index contributed by atoms with van der Waals surface area (Å²) in [6.45, 7) is 0. The summed E-state index contributed by atoms with van der Waals surface area (Å²) in [5.74, 6) is 0.737. The lowest BCUT2D eigenvalue weighted by Crippen LogP contribution is -1.96. The highest BCUT2D eigenvalue weighted by Gasteiger charge is 2.17. The van der Waals surface area contributed by atoms with Gasteiger partial charge in [-0.3, -0.25) is 0 Å². The van der Waals surface area contributed by atoms with Crippen LogP contribution in [-0.2, 0) is 0 Å². The van der Waals surface area contributed by atoms with Gasteiger partial charge in [0.05, 0.1) is 11.2 Å². The Balaban J connectivity index is 1.33. The van der Waals surface area contributed by atoms with Crippen molar-refractivity contribution in [1.82, 2.24) is 9.97 Å². The van der Waals surface area contributed by atoms with Crippen LogP contribution in [0.2, 0.25) is 0 Å². The van der Waals surface area contributed by atoms with E-state index in [9.17, 15) is 0 Å². The third kappa shape index (κ3) is 3.89. The highest BCUT2D eigenvalue weighted by molar-refractivity contribution is 6.26. The number of rotatable bonds is 3. The molecule has 0 bridgehead atoms. The Hall–Kier alpha value is -5.86. The number of fused-ring (bicyclic) bond motifs is 8. The van der Waals surface area contributed by atoms with Gasteiger partial charge in [0.15, 0.2) is 5.82 Å². The van der Waals surface area contributed by atoms with E-state index in [0.29, 0.717) is 0 Å². The number of hydrogen-bond donors (Lipinski definition) is 0. The van der Waals surface area contributed by atoms with Gasteiger partial charge in [0, 0.05) is 16.5 Å². The second-order valence-corrected chi connectivity index (χ2v) is 11.4. The average Bonchev–Trinajstić information content (AvgIpc) is 3.11. The number of aromatic nitrogens is 2. The van der Waals surface area contributed by atoms with Crippen LogP contribution >= 0.6 is 0 Å². The maximum atomic E-state index is 5.33. The van der Waals surface area contributed by atoms with E-state index in [-0.39, 0.29) is 0 Å². The minimum Gasteiger partial charge on any atom is -0.228 e. The third-order valence-corrected chi connectivity index (χ3v) is 8.86. The summed E-state index contributed by atoms with van der Waals surface area (Å²) in [5, 5.41) is 10.9. The van der Waals surface area contributed by atoms with Gasteiger partial charge in [0.2, 0.25) is 0 Å². The molecule has 44 heavy (non-hydrogen) atoms. The Bertz CT molecular complexity index is 2530. The molecule has 0 unspecified atom stereocenters. The van der Waals surface area contributed by atoms with Crippen molar-refractivity contribution < 1.29 is 0 Å². The fraction of sp³-hybridized carbons (Fsp3) is 0. The molecule has 8 aromatic carbocycles. The quantitative estimate of drug-likeness (QED) is 0.202. The van der Waals surface area contributed by atoms with E-state index in [1.54, 1.807) is 0 Å². The number of hydrogen-bond acceptors (Lipinski definition) is 2. The summed E-state index contributed by atoms with van der Waals surface area (Å²) in [7, 11) is 0. The van der Waals surface area contributed by atoms with Gasteiger partial charge >= 0.3 is 0 Å². The van der Waals surface area contributed by atoms with Crippen molar-refractivity contribution in [3.63, 3.8) is 0 Å². The fourth-order valence-electron chi connectivity index (χ4n) is 6.74. The molecular formula is C42H26N2. The molecule has 0 aliphatic carbocycles. The first-order valence-corrected chi connectivity index (χ1v) is 15.0. The van der Waals surface area contributed by atoms with E-state index in [4.69, 9.17) is 9.97 Å². The molecule has 0 aliphatic rings. The van der Waals surface area contributed by atoms with Crippen LogP contribution in [0.3, 0.4) is 0 Å². The first kappa shape index (κ1) is 24.7. The zero-order valence-electron chi connectivity index (χ0n) is 23.9. The first-order chi connectivity index (χ1) is 21.8. The SMILES string of the molecule is c1ccc(-c2ccc(-c3nc(-c4cc5c(ccc6ccc7ccccc7c65)c5ccccc45)nc4ccccc34)cc2)cc1. The summed E-state index contributed by atoms with van der Waals surface area (Å²) in [6, 6.07) is 56.2. The van der Waals surface area contributed by atoms with Crippen LogP contribution in [-0.4, -0.2) is 9.97 Å². The largest absolute Gasteiger partial charge is 0.228 e. The molecule has 1 aromatic heterocycles. The number of para-hydroxylation sites is 1. The lowest BCUT2D eigenvalue weighted by molar-refractivity contribution is 1.24. The van der Waals surface area contributed by atoms with Crippen LogP contribution in [0.5, 0.6) is 0 Å². The normalized spacial score (nSPS) is 11.6. The minimum atomic E-state index is 0.737. The van der Waals surface area contributed by atoms with Crippen LogP contribution in [0.25, 0.3) is 87.8 Å². The van der Waals surface area contributed by atoms with E-state index in [2.05, 4.69) is 152 Å². The molecule has 0 fully saturated rings. The predicted octanol–water partition coefficient (Wildman–Crippen LogP) is 11.2. The molecule has 9 aromatic rings. The van der Waals surface area contributed by atoms with Gasteiger partial charge < -0.3 is 0 Å². The van der Waals surface area contributed by atoms with E-state index in [1.807, 2.05) is 6.07 Å². The zero-order chi connectivity index (χ0) is 29.0. The van der Waals surface area contributed by atoms with Gasteiger partial charge in [-0.25, -0.2) is 9.97 Å². The highest BCUT2D eigenvalue weighted by Crippen LogP contribution is 2.40. The molecule has 0 atom stereocenters. The lowest BCUT2D eigenvalue weighted by atomic mass is 9.91. The Morgan fingerprint density at radius 1 is 0.341 bits per heavy atom. The highest BCUT2D eigenvalue weighted by atomic mass is 14.9. The van der Waals surface area contributed by atoms with Crippen molar-refractivity contribution in [3.05, 3.63) is 158 Å². The van der Waals surface area contributed by atoms with Crippen molar-refractivity contribution in [2.24, 2.45) is 0 Å². The summed E-state index contributed by atoms with van der Waals surface area (Å²) < 4.78 is 0. The van der Waals surface area contributed by atoms with Crippen LogP contribution in [0, 0.1) is 0 Å². The van der Waals surface area contributed by atoms with E-state index >= 15 is 0 Å². The van der Waals surface area contributed by atoms with Gasteiger partial charge in [-0.15, -0.1) is 0 Å². The van der Waals surface area contributed by atoms with Crippen molar-refractivity contribution in [2.45, 2.75) is 0 Å². The van der Waals surface area contributed by atoms with Gasteiger partial charge in [0.1, 0.15) is 0 Å². The summed E-state index contributed by atoms with van der Waals surface area (Å²) in [6.07, 6.45) is 0. The molecule has 2 heteroatoms. The molecule has 0 amide bonds. The first-order valence-electron chi connectivity index (χ1n) is 15.0. The minimum absolute atomic E-state index is 0.737. The Morgan fingerprint density at radius 3 is 1.77 bits per heavy atom. The second kappa shape index (κ2) is 9.86. The van der Waals surface area contributed by atoms with Gasteiger partial charge in [-0.2, -0.15) is 0 Å². The number of nitrogens with zero attached hydrogens (tertiary/aromatic N) is 2. The van der Waals surface area contributed by atoms with Crippen LogP contribution in [0.15, 0.2) is 158 Å². The van der Waals surface area contributed by atoms with E-state index in [0.717, 1.165) is 38.9 Å². The number of benzene rings is 8. The molecule has 9 rings (SSSR count). The zero-order valence-corrected chi connectivity index (χ0v) is 23.9. The molecule has 0 saturated carbocycles. The van der Waals surface area contributed by atoms with Crippen LogP contribution in [0.1, 0.15) is 0 Å². The molecule has 0 radical (unpaired) electrons. The molecule has 1 heterocycles. The van der Waals surface area contributed by atoms with Crippen LogP contribution < -0.4 is 0 Å². The average molecular weight is 559 g/mol. The van der Waals surface area contributed by atoms with Crippen LogP contribution in [0.4, 0.5) is 0 Å². The maximum absolute atomic E-state index is 5.33. The maximum Gasteiger partial charge on any atom is 0.161 e. The lowest BCUT2D eigenvalue weighted by Gasteiger charge is -2.15. The van der Waals surface area contributed by atoms with Crippen molar-refractivity contribution >= 4 is 54.0 Å². The van der Waals surface area contributed by atoms with Gasteiger partial charge in [-0.1, -0.05) is 146 Å². The van der Waals surface area contributed by atoms with Crippen molar-refractivity contribution in [1.29, 1.82) is 0 Å². The molecule has 0 spiro atoms. The van der Waals surface area contributed by atoms with E-state index in [1.165, 1.54) is 48.8 Å². The van der Waals surface area contributed by atoms with Gasteiger partial charge in [-0.05, 0) is 66.3 Å². The summed E-state index contributed by atoms with van der Waals surface area (Å²) in [4.78, 5) is 10.5. The van der Waals surface area contributed by atoms with Gasteiger partial charge in [0.25, 0.3) is 0 Å². The molecule has 0 N–H and O–H groups in total. The summed E-state index contributed by atoms with van der Waals surface area (Å²) >= 11 is 0. The topological polar surface area (TPSA) is 25.8 Å². The third-order valence-electron chi connectivity index (χ3n) is 8.86. The molecule has 0 aliphatic heterocycles. The Labute approximate surface area is 254 Å². The molecular weight excluding hydrogens is 532 g/mol. The van der Waals surface area contributed by atoms with Crippen molar-refractivity contribution in [3.8, 4) is 33.8 Å².